The maximum absolute atomic E-state index is 12.9. The highest BCUT2D eigenvalue weighted by Gasteiger charge is 2.68. The molecular formula is C26H26N2O6. The Bertz CT molecular complexity index is 1160. The number of fused-ring (bicyclic) bond motifs is 4. The molecular weight excluding hydrogens is 436 g/mol. The van der Waals surface area contributed by atoms with Crippen molar-refractivity contribution in [2.24, 2.45) is 11.3 Å². The minimum Gasteiger partial charge on any atom is -0.479 e. The molecule has 6 rings (SSSR count). The summed E-state index contributed by atoms with van der Waals surface area (Å²) in [6, 6.07) is 16.2. The van der Waals surface area contributed by atoms with E-state index in [0.29, 0.717) is 12.8 Å². The van der Waals surface area contributed by atoms with Crippen LogP contribution in [0.5, 0.6) is 0 Å². The second-order valence-corrected chi connectivity index (χ2v) is 10.2. The quantitative estimate of drug-likeness (QED) is 0.628. The highest BCUT2D eigenvalue weighted by atomic mass is 16.5. The number of aliphatic carboxylic acids is 1. The van der Waals surface area contributed by atoms with Gasteiger partial charge >= 0.3 is 12.1 Å². The molecule has 2 saturated carbocycles. The molecule has 0 spiro atoms. The van der Waals surface area contributed by atoms with Gasteiger partial charge in [0.2, 0.25) is 5.91 Å². The number of rotatable bonds is 5. The van der Waals surface area contributed by atoms with Gasteiger partial charge in [0, 0.05) is 12.0 Å². The van der Waals surface area contributed by atoms with Gasteiger partial charge in [-0.1, -0.05) is 48.5 Å². The number of carbonyl (C=O) groups is 3. The van der Waals surface area contributed by atoms with Crippen molar-refractivity contribution in [3.63, 3.8) is 0 Å². The predicted molar refractivity (Wildman–Crippen MR) is 121 cm³/mol. The Hall–Kier alpha value is -3.39. The zero-order chi connectivity index (χ0) is 23.7. The van der Waals surface area contributed by atoms with Crippen LogP contribution in [0.1, 0.15) is 36.3 Å². The Kier molecular flexibility index (Phi) is 4.55. The predicted octanol–water partition coefficient (Wildman–Crippen LogP) is 2.35. The van der Waals surface area contributed by atoms with E-state index in [0.717, 1.165) is 17.5 Å². The fourth-order valence-electron chi connectivity index (χ4n) is 6.25. The number of nitrogens with zero attached hydrogens (tertiary/aromatic N) is 1. The molecule has 3 N–H and O–H groups in total. The van der Waals surface area contributed by atoms with Crippen molar-refractivity contribution in [2.75, 3.05) is 19.7 Å². The Morgan fingerprint density at radius 1 is 1.00 bits per heavy atom. The standard InChI is InChI=1S/C26H26N2O6/c29-22(28-13-26(33,14-28)23(30)31)25-10-15(25)9-16(11-25)27-24(32)34-12-21-19-7-3-1-5-17(19)18-6-2-4-8-20(18)21/h1-8,15-16,21,33H,9-14H2,(H,27,32)(H,30,31). The molecule has 3 atom stereocenters. The summed E-state index contributed by atoms with van der Waals surface area (Å²) in [6.45, 7) is -0.123. The molecule has 0 radical (unpaired) electrons. The highest BCUT2D eigenvalue weighted by molar-refractivity contribution is 5.91. The number of nitrogens with one attached hydrogen (secondary N) is 1. The largest absolute Gasteiger partial charge is 0.479 e. The van der Waals surface area contributed by atoms with Crippen LogP contribution in [0.15, 0.2) is 48.5 Å². The van der Waals surface area contributed by atoms with Crippen molar-refractivity contribution in [1.29, 1.82) is 0 Å². The first-order valence-corrected chi connectivity index (χ1v) is 11.7. The number of carboxylic acid groups (broad SMARTS) is 1. The third-order valence-corrected chi connectivity index (χ3v) is 8.09. The van der Waals surface area contributed by atoms with Crippen molar-refractivity contribution in [3.8, 4) is 11.1 Å². The van der Waals surface area contributed by atoms with E-state index in [1.54, 1.807) is 0 Å². The van der Waals surface area contributed by atoms with Gasteiger partial charge in [0.1, 0.15) is 6.61 Å². The molecule has 1 heterocycles. The van der Waals surface area contributed by atoms with E-state index in [4.69, 9.17) is 9.84 Å². The second-order valence-electron chi connectivity index (χ2n) is 10.2. The van der Waals surface area contributed by atoms with Crippen molar-refractivity contribution in [1.82, 2.24) is 10.2 Å². The molecule has 3 aliphatic carbocycles. The van der Waals surface area contributed by atoms with Crippen LogP contribution in [-0.4, -0.2) is 64.4 Å². The molecule has 8 nitrogen and oxygen atoms in total. The molecule has 3 fully saturated rings. The fraction of sp³-hybridized carbons (Fsp3) is 0.423. The van der Waals surface area contributed by atoms with Crippen LogP contribution in [0.2, 0.25) is 0 Å². The topological polar surface area (TPSA) is 116 Å². The van der Waals surface area contributed by atoms with Crippen LogP contribution >= 0.6 is 0 Å². The molecule has 1 aliphatic heterocycles. The van der Waals surface area contributed by atoms with Gasteiger partial charge in [-0.05, 0) is 47.4 Å². The summed E-state index contributed by atoms with van der Waals surface area (Å²) in [5.41, 5.74) is 2.27. The molecule has 8 heteroatoms. The zero-order valence-corrected chi connectivity index (χ0v) is 18.6. The van der Waals surface area contributed by atoms with Gasteiger partial charge in [0.05, 0.1) is 18.5 Å². The van der Waals surface area contributed by atoms with Gasteiger partial charge in [-0.3, -0.25) is 4.79 Å². The number of alkyl carbamates (subject to hydrolysis) is 1. The number of hydrogen-bond donors (Lipinski definition) is 3. The third-order valence-electron chi connectivity index (χ3n) is 8.09. The molecule has 176 valence electrons. The number of likely N-dealkylation sites (tertiary alicyclic amines) is 1. The van der Waals surface area contributed by atoms with Crippen LogP contribution in [0, 0.1) is 11.3 Å². The summed E-state index contributed by atoms with van der Waals surface area (Å²) in [5, 5.41) is 21.9. The summed E-state index contributed by atoms with van der Waals surface area (Å²) >= 11 is 0. The lowest BCUT2D eigenvalue weighted by atomic mass is 9.90. The molecule has 0 bridgehead atoms. The monoisotopic (exact) mass is 462 g/mol. The second kappa shape index (κ2) is 7.30. The Balaban J connectivity index is 1.05. The number of benzene rings is 2. The average Bonchev–Trinajstić information content (AvgIpc) is 3.23. The molecule has 2 aromatic rings. The smallest absolute Gasteiger partial charge is 0.407 e. The zero-order valence-electron chi connectivity index (χ0n) is 18.6. The summed E-state index contributed by atoms with van der Waals surface area (Å²) < 4.78 is 5.63. The number of amides is 2. The first kappa shape index (κ1) is 21.2. The van der Waals surface area contributed by atoms with Gasteiger partial charge in [0.25, 0.3) is 0 Å². The van der Waals surface area contributed by atoms with Crippen LogP contribution in [0.3, 0.4) is 0 Å². The van der Waals surface area contributed by atoms with Crippen LogP contribution < -0.4 is 5.32 Å². The molecule has 0 aromatic heterocycles. The summed E-state index contributed by atoms with van der Waals surface area (Å²) in [6.07, 6.45) is 1.48. The van der Waals surface area contributed by atoms with Crippen LogP contribution in [0.25, 0.3) is 11.1 Å². The van der Waals surface area contributed by atoms with Crippen molar-refractivity contribution in [2.45, 2.75) is 36.8 Å². The Morgan fingerprint density at radius 2 is 1.62 bits per heavy atom. The molecule has 4 aliphatic rings. The first-order chi connectivity index (χ1) is 16.3. The number of aliphatic hydroxyl groups is 1. The molecule has 2 amide bonds. The van der Waals surface area contributed by atoms with Crippen molar-refractivity contribution in [3.05, 3.63) is 59.7 Å². The molecule has 2 aromatic carbocycles. The summed E-state index contributed by atoms with van der Waals surface area (Å²) in [5.74, 6) is -1.25. The minimum absolute atomic E-state index is 0.0116. The number of β-amino-alcohol motifs (C(OH)–C–C–N with tert-alkyl or cyclic N) is 1. The lowest BCUT2D eigenvalue weighted by Crippen LogP contribution is -2.68. The van der Waals surface area contributed by atoms with Gasteiger partial charge < -0.3 is 25.2 Å². The average molecular weight is 463 g/mol. The van der Waals surface area contributed by atoms with E-state index in [2.05, 4.69) is 29.6 Å². The fourth-order valence-corrected chi connectivity index (χ4v) is 6.25. The normalized spacial score (nSPS) is 27.7. The van der Waals surface area contributed by atoms with Crippen LogP contribution in [0.4, 0.5) is 4.79 Å². The summed E-state index contributed by atoms with van der Waals surface area (Å²) in [7, 11) is 0. The molecule has 1 saturated heterocycles. The van der Waals surface area contributed by atoms with E-state index in [1.165, 1.54) is 16.0 Å². The van der Waals surface area contributed by atoms with Gasteiger partial charge in [-0.25, -0.2) is 9.59 Å². The number of ether oxygens (including phenoxy) is 1. The van der Waals surface area contributed by atoms with E-state index in [-0.39, 0.29) is 43.5 Å². The number of carboxylic acids is 1. The third kappa shape index (κ3) is 3.12. The molecule has 3 unspecified atom stereocenters. The Morgan fingerprint density at radius 3 is 2.24 bits per heavy atom. The Labute approximate surface area is 196 Å². The van der Waals surface area contributed by atoms with Crippen molar-refractivity contribution >= 4 is 18.0 Å². The molecule has 34 heavy (non-hydrogen) atoms. The van der Waals surface area contributed by atoms with E-state index >= 15 is 0 Å². The number of hydrogen-bond acceptors (Lipinski definition) is 5. The van der Waals surface area contributed by atoms with Gasteiger partial charge in [-0.15, -0.1) is 0 Å². The van der Waals surface area contributed by atoms with E-state index in [1.807, 2.05) is 24.3 Å². The van der Waals surface area contributed by atoms with Gasteiger partial charge in [-0.2, -0.15) is 0 Å². The van der Waals surface area contributed by atoms with Crippen molar-refractivity contribution < 1.29 is 29.3 Å². The lowest BCUT2D eigenvalue weighted by molar-refractivity contribution is -0.184. The highest BCUT2D eigenvalue weighted by Crippen LogP contribution is 2.64. The maximum atomic E-state index is 12.9. The number of carbonyl (C=O) groups excluding carboxylic acids is 2. The minimum atomic E-state index is -1.84. The summed E-state index contributed by atoms with van der Waals surface area (Å²) in [4.78, 5) is 38.1. The van der Waals surface area contributed by atoms with E-state index in [9.17, 15) is 19.5 Å². The van der Waals surface area contributed by atoms with Crippen LogP contribution in [-0.2, 0) is 14.3 Å². The van der Waals surface area contributed by atoms with E-state index < -0.39 is 23.1 Å². The van der Waals surface area contributed by atoms with Gasteiger partial charge in [0.15, 0.2) is 5.60 Å². The maximum Gasteiger partial charge on any atom is 0.407 e. The lowest BCUT2D eigenvalue weighted by Gasteiger charge is -2.44. The SMILES string of the molecule is O=C(NC1CC2CC2(C(=O)N2CC(O)(C(=O)O)C2)C1)OCC1c2ccccc2-c2ccccc21. The first-order valence-electron chi connectivity index (χ1n) is 11.7.